The minimum absolute atomic E-state index is 0.0135. The molecule has 0 unspecified atom stereocenters. The van der Waals surface area contributed by atoms with Crippen LogP contribution in [0.5, 0.6) is 5.75 Å². The van der Waals surface area contributed by atoms with E-state index in [1.807, 2.05) is 13.0 Å². The summed E-state index contributed by atoms with van der Waals surface area (Å²) in [6.07, 6.45) is 2.18. The molecule has 1 N–H and O–H groups in total. The van der Waals surface area contributed by atoms with E-state index in [-0.39, 0.29) is 34.0 Å². The normalized spacial score (nSPS) is 26.2. The first-order chi connectivity index (χ1) is 11.9. The molecule has 26 heavy (non-hydrogen) atoms. The summed E-state index contributed by atoms with van der Waals surface area (Å²) in [6, 6.07) is 4.73. The van der Waals surface area contributed by atoms with Crippen molar-refractivity contribution in [2.24, 2.45) is 11.8 Å². The quantitative estimate of drug-likeness (QED) is 0.601. The van der Waals surface area contributed by atoms with Crippen molar-refractivity contribution in [1.82, 2.24) is 0 Å². The minimum Gasteiger partial charge on any atom is -0.507 e. The van der Waals surface area contributed by atoms with Crippen molar-refractivity contribution in [3.05, 3.63) is 41.0 Å². The van der Waals surface area contributed by atoms with Crippen molar-refractivity contribution in [3.8, 4) is 5.75 Å². The summed E-state index contributed by atoms with van der Waals surface area (Å²) in [5.74, 6) is -1.29. The molecule has 2 aliphatic rings. The number of fused-ring (bicyclic) bond motifs is 2. The largest absolute Gasteiger partial charge is 0.507 e. The van der Waals surface area contributed by atoms with E-state index in [2.05, 4.69) is 33.9 Å². The van der Waals surface area contributed by atoms with Crippen molar-refractivity contribution in [2.75, 3.05) is 0 Å². The molecule has 0 aliphatic heterocycles. The monoisotopic (exact) mass is 372 g/mol. The number of carbonyl (C=O) groups is 2. The molecule has 1 aromatic carbocycles. The SMILES string of the molecule is CC1=C[C@@H](O[Si](C)(C)C(C)(C)C)[C@H]2C(=O)c3cccc(O)c3C(=O)[C@H]2C1. The van der Waals surface area contributed by atoms with Crippen LogP contribution in [0.4, 0.5) is 0 Å². The Hall–Kier alpha value is -1.72. The van der Waals surface area contributed by atoms with E-state index in [4.69, 9.17) is 4.43 Å². The molecule has 0 bridgehead atoms. The van der Waals surface area contributed by atoms with E-state index in [0.717, 1.165) is 5.57 Å². The molecule has 0 fully saturated rings. The number of hydrogen-bond donors (Lipinski definition) is 1. The third-order valence-electron chi connectivity index (χ3n) is 6.21. The topological polar surface area (TPSA) is 63.6 Å². The number of phenolic OH excluding ortho intramolecular Hbond substituents is 1. The van der Waals surface area contributed by atoms with Gasteiger partial charge in [0.1, 0.15) is 5.75 Å². The van der Waals surface area contributed by atoms with Gasteiger partial charge in [0.2, 0.25) is 0 Å². The van der Waals surface area contributed by atoms with Crippen LogP contribution < -0.4 is 0 Å². The van der Waals surface area contributed by atoms with Gasteiger partial charge in [0.25, 0.3) is 0 Å². The second kappa shape index (κ2) is 6.17. The molecule has 140 valence electrons. The lowest BCUT2D eigenvalue weighted by Gasteiger charge is -2.44. The summed E-state index contributed by atoms with van der Waals surface area (Å²) in [5.41, 5.74) is 1.57. The van der Waals surface area contributed by atoms with E-state index >= 15 is 0 Å². The first kappa shape index (κ1) is 19.0. The van der Waals surface area contributed by atoms with Crippen LogP contribution in [0.3, 0.4) is 0 Å². The second-order valence-electron chi connectivity index (χ2n) is 9.12. The Bertz CT molecular complexity index is 801. The first-order valence-corrected chi connectivity index (χ1v) is 12.1. The minimum atomic E-state index is -2.11. The van der Waals surface area contributed by atoms with Crippen LogP contribution in [-0.2, 0) is 4.43 Å². The zero-order valence-corrected chi connectivity index (χ0v) is 17.4. The third-order valence-corrected chi connectivity index (χ3v) is 10.7. The first-order valence-electron chi connectivity index (χ1n) is 9.19. The smallest absolute Gasteiger partial charge is 0.192 e. The summed E-state index contributed by atoms with van der Waals surface area (Å²) in [7, 11) is -2.11. The lowest BCUT2D eigenvalue weighted by atomic mass is 9.66. The molecule has 2 aliphatic carbocycles. The maximum Gasteiger partial charge on any atom is 0.192 e. The Morgan fingerprint density at radius 3 is 2.42 bits per heavy atom. The molecule has 4 nitrogen and oxygen atoms in total. The van der Waals surface area contributed by atoms with Crippen LogP contribution >= 0.6 is 0 Å². The van der Waals surface area contributed by atoms with Gasteiger partial charge in [-0.3, -0.25) is 9.59 Å². The van der Waals surface area contributed by atoms with Gasteiger partial charge in [0.05, 0.1) is 17.6 Å². The summed E-state index contributed by atoms with van der Waals surface area (Å²) in [6.45, 7) is 12.8. The van der Waals surface area contributed by atoms with Crippen LogP contribution in [-0.4, -0.2) is 31.1 Å². The lowest BCUT2D eigenvalue weighted by molar-refractivity contribution is 0.0536. The predicted molar refractivity (Wildman–Crippen MR) is 104 cm³/mol. The Morgan fingerprint density at radius 2 is 1.81 bits per heavy atom. The zero-order valence-electron chi connectivity index (χ0n) is 16.4. The van der Waals surface area contributed by atoms with Crippen molar-refractivity contribution in [3.63, 3.8) is 0 Å². The molecule has 0 radical (unpaired) electrons. The van der Waals surface area contributed by atoms with E-state index in [1.165, 1.54) is 6.07 Å². The van der Waals surface area contributed by atoms with Crippen LogP contribution in [0.25, 0.3) is 0 Å². The molecule has 0 saturated heterocycles. The fourth-order valence-corrected chi connectivity index (χ4v) is 4.98. The van der Waals surface area contributed by atoms with Crippen LogP contribution in [0.15, 0.2) is 29.8 Å². The zero-order chi connectivity index (χ0) is 19.4. The fraction of sp³-hybridized carbons (Fsp3) is 0.524. The van der Waals surface area contributed by atoms with Gasteiger partial charge in [0.15, 0.2) is 19.9 Å². The summed E-state index contributed by atoms with van der Waals surface area (Å²) < 4.78 is 6.57. The predicted octanol–water partition coefficient (Wildman–Crippen LogP) is 4.74. The van der Waals surface area contributed by atoms with Gasteiger partial charge in [0, 0.05) is 11.5 Å². The van der Waals surface area contributed by atoms with Crippen molar-refractivity contribution in [2.45, 2.75) is 58.4 Å². The highest BCUT2D eigenvalue weighted by molar-refractivity contribution is 6.74. The van der Waals surface area contributed by atoms with Crippen molar-refractivity contribution < 1.29 is 19.1 Å². The highest BCUT2D eigenvalue weighted by Crippen LogP contribution is 2.45. The number of Topliss-reactive ketones (excluding diaryl/α,β-unsaturated/α-hetero) is 2. The number of phenols is 1. The maximum absolute atomic E-state index is 13.2. The van der Waals surface area contributed by atoms with E-state index in [1.54, 1.807) is 12.1 Å². The fourth-order valence-electron chi connectivity index (χ4n) is 3.74. The molecule has 0 heterocycles. The van der Waals surface area contributed by atoms with Gasteiger partial charge < -0.3 is 9.53 Å². The summed E-state index contributed by atoms with van der Waals surface area (Å²) in [4.78, 5) is 26.3. The highest BCUT2D eigenvalue weighted by atomic mass is 28.4. The third kappa shape index (κ3) is 2.97. The molecular formula is C21H28O4Si. The van der Waals surface area contributed by atoms with Gasteiger partial charge in [-0.2, -0.15) is 0 Å². The second-order valence-corrected chi connectivity index (χ2v) is 13.9. The van der Waals surface area contributed by atoms with Gasteiger partial charge in [-0.1, -0.05) is 44.6 Å². The number of carbonyl (C=O) groups excluding carboxylic acids is 2. The Labute approximate surface area is 156 Å². The molecule has 0 amide bonds. The highest BCUT2D eigenvalue weighted by Gasteiger charge is 2.50. The van der Waals surface area contributed by atoms with Gasteiger partial charge in [-0.25, -0.2) is 0 Å². The summed E-state index contributed by atoms with van der Waals surface area (Å²) >= 11 is 0. The van der Waals surface area contributed by atoms with Gasteiger partial charge >= 0.3 is 0 Å². The van der Waals surface area contributed by atoms with Crippen molar-refractivity contribution >= 4 is 19.9 Å². The van der Waals surface area contributed by atoms with Crippen LogP contribution in [0.2, 0.25) is 18.1 Å². The molecule has 0 saturated carbocycles. The number of aromatic hydroxyl groups is 1. The molecule has 0 aromatic heterocycles. The molecule has 0 spiro atoms. The molecule has 5 heteroatoms. The lowest BCUT2D eigenvalue weighted by Crippen LogP contribution is -2.51. The van der Waals surface area contributed by atoms with Crippen LogP contribution in [0, 0.1) is 11.8 Å². The molecule has 1 aromatic rings. The van der Waals surface area contributed by atoms with Gasteiger partial charge in [-0.15, -0.1) is 0 Å². The number of hydrogen-bond acceptors (Lipinski definition) is 4. The standard InChI is InChI=1S/C21H28O4Si/c1-12-10-14-18(16(11-12)25-26(5,6)21(2,3)4)19(23)13-8-7-9-15(22)17(13)20(14)24/h7-9,11,14,16,18,22H,10H2,1-6H3/t14-,16+,18-/m0/s1. The van der Waals surface area contributed by atoms with Crippen LogP contribution in [0.1, 0.15) is 54.8 Å². The molecule has 3 atom stereocenters. The number of rotatable bonds is 2. The number of ketones is 2. The van der Waals surface area contributed by atoms with E-state index in [0.29, 0.717) is 12.0 Å². The van der Waals surface area contributed by atoms with Crippen molar-refractivity contribution in [1.29, 1.82) is 0 Å². The molecular weight excluding hydrogens is 344 g/mol. The number of allylic oxidation sites excluding steroid dienone is 1. The maximum atomic E-state index is 13.2. The van der Waals surface area contributed by atoms with E-state index in [9.17, 15) is 14.7 Å². The van der Waals surface area contributed by atoms with Gasteiger partial charge in [-0.05, 0) is 37.5 Å². The Kier molecular flexibility index (Phi) is 4.52. The Balaban J connectivity index is 2.06. The van der Waals surface area contributed by atoms with E-state index < -0.39 is 20.2 Å². The Morgan fingerprint density at radius 1 is 1.15 bits per heavy atom. The summed E-state index contributed by atoms with van der Waals surface area (Å²) in [5, 5.41) is 10.2. The molecule has 3 rings (SSSR count). The average Bonchev–Trinajstić information content (AvgIpc) is 2.50. The number of benzene rings is 1. The average molecular weight is 373 g/mol.